The van der Waals surface area contributed by atoms with Crippen molar-refractivity contribution in [1.29, 1.82) is 0 Å². The SMILES string of the molecule is CC(C)CNC(=O)NC(=O)CN1CC[C@H](N)C1. The van der Waals surface area contributed by atoms with E-state index in [1.165, 1.54) is 0 Å². The minimum atomic E-state index is -0.424. The summed E-state index contributed by atoms with van der Waals surface area (Å²) < 4.78 is 0. The zero-order valence-corrected chi connectivity index (χ0v) is 10.5. The van der Waals surface area contributed by atoms with Crippen LogP contribution in [0.15, 0.2) is 0 Å². The van der Waals surface area contributed by atoms with Crippen LogP contribution >= 0.6 is 0 Å². The topological polar surface area (TPSA) is 87.5 Å². The molecule has 17 heavy (non-hydrogen) atoms. The Morgan fingerprint density at radius 3 is 2.71 bits per heavy atom. The number of carbonyl (C=O) groups is 2. The lowest BCUT2D eigenvalue weighted by atomic mass is 10.2. The molecule has 1 aliphatic rings. The number of hydrogen-bond donors (Lipinski definition) is 3. The third kappa shape index (κ3) is 5.65. The summed E-state index contributed by atoms with van der Waals surface area (Å²) in [6, 6.07) is -0.273. The molecule has 0 aliphatic carbocycles. The van der Waals surface area contributed by atoms with Crippen LogP contribution in [-0.2, 0) is 4.79 Å². The van der Waals surface area contributed by atoms with Gasteiger partial charge < -0.3 is 11.1 Å². The highest BCUT2D eigenvalue weighted by atomic mass is 16.2. The third-order valence-electron chi connectivity index (χ3n) is 2.60. The van der Waals surface area contributed by atoms with E-state index < -0.39 is 6.03 Å². The summed E-state index contributed by atoms with van der Waals surface area (Å²) in [5.41, 5.74) is 5.73. The van der Waals surface area contributed by atoms with Crippen molar-refractivity contribution in [3.8, 4) is 0 Å². The first kappa shape index (κ1) is 13.9. The van der Waals surface area contributed by atoms with Gasteiger partial charge in [-0.15, -0.1) is 0 Å². The number of nitrogens with zero attached hydrogens (tertiary/aromatic N) is 1. The Hall–Kier alpha value is -1.14. The van der Waals surface area contributed by atoms with Crippen LogP contribution < -0.4 is 16.4 Å². The van der Waals surface area contributed by atoms with E-state index in [-0.39, 0.29) is 18.5 Å². The number of nitrogens with one attached hydrogen (secondary N) is 2. The maximum atomic E-state index is 11.5. The average Bonchev–Trinajstić information content (AvgIpc) is 2.60. The van der Waals surface area contributed by atoms with Gasteiger partial charge in [-0.25, -0.2) is 4.79 Å². The van der Waals surface area contributed by atoms with Crippen molar-refractivity contribution in [1.82, 2.24) is 15.5 Å². The van der Waals surface area contributed by atoms with Gasteiger partial charge in [0.25, 0.3) is 0 Å². The summed E-state index contributed by atoms with van der Waals surface area (Å²) in [7, 11) is 0. The van der Waals surface area contributed by atoms with Crippen LogP contribution in [0.3, 0.4) is 0 Å². The van der Waals surface area contributed by atoms with E-state index in [0.717, 1.165) is 19.5 Å². The van der Waals surface area contributed by atoms with Crippen molar-refractivity contribution in [2.45, 2.75) is 26.3 Å². The Bertz CT molecular complexity index is 281. The molecule has 3 amide bonds. The minimum Gasteiger partial charge on any atom is -0.338 e. The van der Waals surface area contributed by atoms with Gasteiger partial charge >= 0.3 is 6.03 Å². The smallest absolute Gasteiger partial charge is 0.321 e. The second-order valence-corrected chi connectivity index (χ2v) is 4.94. The van der Waals surface area contributed by atoms with Crippen molar-refractivity contribution < 1.29 is 9.59 Å². The number of carbonyl (C=O) groups excluding carboxylic acids is 2. The first-order valence-corrected chi connectivity index (χ1v) is 6.03. The van der Waals surface area contributed by atoms with E-state index in [9.17, 15) is 9.59 Å². The molecule has 6 nitrogen and oxygen atoms in total. The molecule has 1 rings (SSSR count). The van der Waals surface area contributed by atoms with E-state index in [0.29, 0.717) is 12.5 Å². The first-order valence-electron chi connectivity index (χ1n) is 6.03. The van der Waals surface area contributed by atoms with E-state index in [4.69, 9.17) is 5.73 Å². The Morgan fingerprint density at radius 1 is 1.47 bits per heavy atom. The molecule has 1 aliphatic heterocycles. The van der Waals surface area contributed by atoms with Crippen LogP contribution in [0.5, 0.6) is 0 Å². The van der Waals surface area contributed by atoms with Gasteiger partial charge in [0.15, 0.2) is 0 Å². The Labute approximate surface area is 102 Å². The third-order valence-corrected chi connectivity index (χ3v) is 2.60. The predicted octanol–water partition coefficient (Wildman–Crippen LogP) is -0.499. The van der Waals surface area contributed by atoms with Crippen molar-refractivity contribution in [3.63, 3.8) is 0 Å². The van der Waals surface area contributed by atoms with Gasteiger partial charge in [0, 0.05) is 25.7 Å². The van der Waals surface area contributed by atoms with Gasteiger partial charge in [-0.05, 0) is 12.3 Å². The monoisotopic (exact) mass is 242 g/mol. The summed E-state index contributed by atoms with van der Waals surface area (Å²) in [4.78, 5) is 24.8. The van der Waals surface area contributed by atoms with Crippen LogP contribution in [0.25, 0.3) is 0 Å². The molecular weight excluding hydrogens is 220 g/mol. The maximum absolute atomic E-state index is 11.5. The molecule has 0 aromatic heterocycles. The molecule has 0 radical (unpaired) electrons. The molecule has 0 aromatic rings. The molecule has 6 heteroatoms. The van der Waals surface area contributed by atoms with Crippen LogP contribution in [-0.4, -0.2) is 49.1 Å². The van der Waals surface area contributed by atoms with E-state index in [1.807, 2.05) is 18.7 Å². The summed E-state index contributed by atoms with van der Waals surface area (Å²) in [6.45, 7) is 6.33. The molecule has 0 bridgehead atoms. The Balaban J connectivity index is 2.18. The second-order valence-electron chi connectivity index (χ2n) is 4.94. The predicted molar refractivity (Wildman–Crippen MR) is 65.4 cm³/mol. The lowest BCUT2D eigenvalue weighted by molar-refractivity contribution is -0.120. The average molecular weight is 242 g/mol. The molecule has 98 valence electrons. The van der Waals surface area contributed by atoms with Crippen LogP contribution in [0.2, 0.25) is 0 Å². The largest absolute Gasteiger partial charge is 0.338 e. The standard InChI is InChI=1S/C11H22N4O2/c1-8(2)5-13-11(17)14-10(16)7-15-4-3-9(12)6-15/h8-9H,3-7,12H2,1-2H3,(H2,13,14,16,17)/t9-/m0/s1. The van der Waals surface area contributed by atoms with Gasteiger partial charge in [0.2, 0.25) is 5.91 Å². The zero-order valence-electron chi connectivity index (χ0n) is 10.5. The molecule has 1 atom stereocenters. The Morgan fingerprint density at radius 2 is 2.18 bits per heavy atom. The van der Waals surface area contributed by atoms with Crippen LogP contribution in [0, 0.1) is 5.92 Å². The molecule has 1 saturated heterocycles. The quantitative estimate of drug-likeness (QED) is 0.620. The van der Waals surface area contributed by atoms with E-state index in [1.54, 1.807) is 0 Å². The number of likely N-dealkylation sites (tertiary alicyclic amines) is 1. The highest BCUT2D eigenvalue weighted by Crippen LogP contribution is 2.05. The van der Waals surface area contributed by atoms with Crippen molar-refractivity contribution in [2.24, 2.45) is 11.7 Å². The van der Waals surface area contributed by atoms with E-state index >= 15 is 0 Å². The second kappa shape index (κ2) is 6.56. The lowest BCUT2D eigenvalue weighted by Gasteiger charge is -2.14. The highest BCUT2D eigenvalue weighted by molar-refractivity contribution is 5.95. The summed E-state index contributed by atoms with van der Waals surface area (Å²) in [5, 5.41) is 4.94. The number of imide groups is 1. The molecule has 4 N–H and O–H groups in total. The fraction of sp³-hybridized carbons (Fsp3) is 0.818. The van der Waals surface area contributed by atoms with Crippen LogP contribution in [0.1, 0.15) is 20.3 Å². The lowest BCUT2D eigenvalue weighted by Crippen LogP contribution is -2.45. The summed E-state index contributed by atoms with van der Waals surface area (Å²) in [6.07, 6.45) is 0.910. The van der Waals surface area contributed by atoms with Gasteiger partial charge in [0.1, 0.15) is 0 Å². The van der Waals surface area contributed by atoms with Gasteiger partial charge in [-0.1, -0.05) is 13.8 Å². The number of urea groups is 1. The van der Waals surface area contributed by atoms with Crippen molar-refractivity contribution >= 4 is 11.9 Å². The fourth-order valence-electron chi connectivity index (χ4n) is 1.72. The van der Waals surface area contributed by atoms with Crippen molar-refractivity contribution in [3.05, 3.63) is 0 Å². The van der Waals surface area contributed by atoms with Gasteiger partial charge in [0.05, 0.1) is 6.54 Å². The summed E-state index contributed by atoms with van der Waals surface area (Å²) >= 11 is 0. The van der Waals surface area contributed by atoms with E-state index in [2.05, 4.69) is 10.6 Å². The maximum Gasteiger partial charge on any atom is 0.321 e. The first-order chi connectivity index (χ1) is 7.97. The molecule has 0 spiro atoms. The highest BCUT2D eigenvalue weighted by Gasteiger charge is 2.21. The van der Waals surface area contributed by atoms with Crippen molar-refractivity contribution in [2.75, 3.05) is 26.2 Å². The van der Waals surface area contributed by atoms with Crippen LogP contribution in [0.4, 0.5) is 4.79 Å². The fourth-order valence-corrected chi connectivity index (χ4v) is 1.72. The normalized spacial score (nSPS) is 20.6. The molecule has 1 heterocycles. The molecule has 0 aromatic carbocycles. The Kier molecular flexibility index (Phi) is 5.37. The number of hydrogen-bond acceptors (Lipinski definition) is 4. The van der Waals surface area contributed by atoms with Gasteiger partial charge in [-0.3, -0.25) is 15.0 Å². The number of rotatable bonds is 4. The molecule has 0 unspecified atom stereocenters. The number of nitrogens with two attached hydrogens (primary N) is 1. The van der Waals surface area contributed by atoms with Gasteiger partial charge in [-0.2, -0.15) is 0 Å². The zero-order chi connectivity index (χ0) is 12.8. The minimum absolute atomic E-state index is 0.151. The summed E-state index contributed by atoms with van der Waals surface area (Å²) in [5.74, 6) is 0.0905. The molecular formula is C11H22N4O2. The number of amides is 3. The molecule has 0 saturated carbocycles. The molecule has 1 fully saturated rings.